The van der Waals surface area contributed by atoms with Crippen molar-refractivity contribution in [2.24, 2.45) is 11.3 Å². The molecule has 0 aliphatic heterocycles. The summed E-state index contributed by atoms with van der Waals surface area (Å²) in [6.07, 6.45) is 8.05. The van der Waals surface area contributed by atoms with Crippen LogP contribution < -0.4 is 0 Å². The van der Waals surface area contributed by atoms with Gasteiger partial charge in [0.1, 0.15) is 0 Å². The minimum atomic E-state index is -0.288. The lowest BCUT2D eigenvalue weighted by Gasteiger charge is -2.36. The average molecular weight is 274 g/mol. The van der Waals surface area contributed by atoms with E-state index in [4.69, 9.17) is 0 Å². The molecular weight excluding hydrogens is 244 g/mol. The molecule has 1 aliphatic carbocycles. The highest BCUT2D eigenvalue weighted by atomic mass is 16.3. The van der Waals surface area contributed by atoms with E-state index in [1.165, 1.54) is 31.2 Å². The highest BCUT2D eigenvalue weighted by Crippen LogP contribution is 2.51. The van der Waals surface area contributed by atoms with Gasteiger partial charge in [-0.25, -0.2) is 0 Å². The molecule has 0 spiro atoms. The highest BCUT2D eigenvalue weighted by molar-refractivity contribution is 5.27. The van der Waals surface area contributed by atoms with Crippen LogP contribution in [0, 0.1) is 11.3 Å². The minimum absolute atomic E-state index is 0.124. The molecule has 0 radical (unpaired) electrons. The molecule has 1 saturated carbocycles. The molecule has 0 aromatic heterocycles. The molecule has 1 aliphatic rings. The van der Waals surface area contributed by atoms with Crippen molar-refractivity contribution < 1.29 is 5.11 Å². The normalized spacial score (nSPS) is 19.4. The molecule has 0 amide bonds. The van der Waals surface area contributed by atoms with Gasteiger partial charge in [-0.05, 0) is 42.7 Å². The average Bonchev–Trinajstić information content (AvgIpc) is 2.87. The van der Waals surface area contributed by atoms with Gasteiger partial charge < -0.3 is 5.11 Å². The van der Waals surface area contributed by atoms with Crippen LogP contribution in [0.25, 0.3) is 0 Å². The van der Waals surface area contributed by atoms with Gasteiger partial charge in [-0.1, -0.05) is 64.3 Å². The topological polar surface area (TPSA) is 20.2 Å². The fraction of sp³-hybridized carbons (Fsp3) is 0.684. The summed E-state index contributed by atoms with van der Waals surface area (Å²) in [7, 11) is 0. The standard InChI is InChI=1S/C19H30O/c1-4-8-16-9-7-10-17(13-16)18(20)19(14-15(2)3)11-5-6-12-19/h7,9-10,13,15,18,20H,4-6,8,11-12,14H2,1-3H3. The van der Waals surface area contributed by atoms with E-state index < -0.39 is 0 Å². The predicted molar refractivity (Wildman–Crippen MR) is 85.8 cm³/mol. The summed E-state index contributed by atoms with van der Waals surface area (Å²) in [6, 6.07) is 8.64. The van der Waals surface area contributed by atoms with E-state index in [1.54, 1.807) is 0 Å². The molecule has 0 heterocycles. The van der Waals surface area contributed by atoms with E-state index >= 15 is 0 Å². The molecular formula is C19H30O. The maximum Gasteiger partial charge on any atom is 0.0846 e. The van der Waals surface area contributed by atoms with Crippen molar-refractivity contribution in [3.05, 3.63) is 35.4 Å². The Hall–Kier alpha value is -0.820. The largest absolute Gasteiger partial charge is 0.388 e. The molecule has 1 N–H and O–H groups in total. The van der Waals surface area contributed by atoms with Crippen LogP contribution in [0.3, 0.4) is 0 Å². The Labute approximate surface area is 124 Å². The number of benzene rings is 1. The first-order valence-corrected chi connectivity index (χ1v) is 8.34. The molecule has 1 atom stereocenters. The summed E-state index contributed by atoms with van der Waals surface area (Å²) in [5, 5.41) is 11.0. The van der Waals surface area contributed by atoms with Gasteiger partial charge in [0.2, 0.25) is 0 Å². The molecule has 1 aromatic rings. The van der Waals surface area contributed by atoms with Crippen molar-refractivity contribution >= 4 is 0 Å². The van der Waals surface area contributed by atoms with Crippen molar-refractivity contribution in [2.75, 3.05) is 0 Å². The first kappa shape index (κ1) is 15.6. The van der Waals surface area contributed by atoms with Crippen LogP contribution in [-0.4, -0.2) is 5.11 Å². The second kappa shape index (κ2) is 6.76. The number of aliphatic hydroxyl groups is 1. The molecule has 1 unspecified atom stereocenters. The SMILES string of the molecule is CCCc1cccc(C(O)C2(CC(C)C)CCCC2)c1. The second-order valence-corrected chi connectivity index (χ2v) is 7.07. The molecule has 2 rings (SSSR count). The highest BCUT2D eigenvalue weighted by Gasteiger charge is 2.41. The van der Waals surface area contributed by atoms with E-state index in [0.29, 0.717) is 5.92 Å². The first-order valence-electron chi connectivity index (χ1n) is 8.34. The summed E-state index contributed by atoms with van der Waals surface area (Å²) < 4.78 is 0. The Morgan fingerprint density at radius 2 is 1.90 bits per heavy atom. The molecule has 1 aromatic carbocycles. The van der Waals surface area contributed by atoms with Crippen molar-refractivity contribution in [2.45, 2.75) is 71.8 Å². The molecule has 1 nitrogen and oxygen atoms in total. The van der Waals surface area contributed by atoms with E-state index in [2.05, 4.69) is 45.0 Å². The zero-order chi connectivity index (χ0) is 14.6. The maximum atomic E-state index is 11.0. The van der Waals surface area contributed by atoms with Gasteiger partial charge >= 0.3 is 0 Å². The summed E-state index contributed by atoms with van der Waals surface area (Å²) in [5.74, 6) is 0.654. The first-order chi connectivity index (χ1) is 9.57. The number of aliphatic hydroxyl groups excluding tert-OH is 1. The van der Waals surface area contributed by atoms with Crippen molar-refractivity contribution in [1.29, 1.82) is 0 Å². The number of rotatable bonds is 6. The zero-order valence-electron chi connectivity index (χ0n) is 13.4. The number of hydrogen-bond acceptors (Lipinski definition) is 1. The molecule has 0 saturated heterocycles. The van der Waals surface area contributed by atoms with Crippen LogP contribution in [0.5, 0.6) is 0 Å². The van der Waals surface area contributed by atoms with E-state index in [1.807, 2.05) is 0 Å². The van der Waals surface area contributed by atoms with Gasteiger partial charge in [0, 0.05) is 5.41 Å². The van der Waals surface area contributed by atoms with Crippen LogP contribution in [0.2, 0.25) is 0 Å². The zero-order valence-corrected chi connectivity index (χ0v) is 13.4. The van der Waals surface area contributed by atoms with Gasteiger partial charge in [0.15, 0.2) is 0 Å². The Kier molecular flexibility index (Phi) is 5.26. The Balaban J connectivity index is 2.23. The molecule has 112 valence electrons. The number of hydrogen-bond donors (Lipinski definition) is 1. The Morgan fingerprint density at radius 1 is 1.20 bits per heavy atom. The quantitative estimate of drug-likeness (QED) is 0.748. The van der Waals surface area contributed by atoms with Gasteiger partial charge in [-0.3, -0.25) is 0 Å². The van der Waals surface area contributed by atoms with Gasteiger partial charge in [0.25, 0.3) is 0 Å². The summed E-state index contributed by atoms with van der Waals surface area (Å²) >= 11 is 0. The third-order valence-corrected chi connectivity index (χ3v) is 4.80. The predicted octanol–water partition coefficient (Wildman–Crippen LogP) is 5.28. The van der Waals surface area contributed by atoms with Crippen molar-refractivity contribution in [3.8, 4) is 0 Å². The van der Waals surface area contributed by atoms with Crippen molar-refractivity contribution in [3.63, 3.8) is 0 Å². The van der Waals surface area contributed by atoms with Crippen molar-refractivity contribution in [1.82, 2.24) is 0 Å². The fourth-order valence-corrected chi connectivity index (χ4v) is 4.04. The van der Waals surface area contributed by atoms with E-state index in [0.717, 1.165) is 24.8 Å². The lowest BCUT2D eigenvalue weighted by atomic mass is 9.72. The minimum Gasteiger partial charge on any atom is -0.388 e. The fourth-order valence-electron chi connectivity index (χ4n) is 4.04. The van der Waals surface area contributed by atoms with Crippen LogP contribution in [0.1, 0.15) is 76.5 Å². The monoisotopic (exact) mass is 274 g/mol. The third-order valence-electron chi connectivity index (χ3n) is 4.80. The maximum absolute atomic E-state index is 11.0. The van der Waals surface area contributed by atoms with Crippen LogP contribution >= 0.6 is 0 Å². The lowest BCUT2D eigenvalue weighted by Crippen LogP contribution is -2.27. The van der Waals surface area contributed by atoms with Gasteiger partial charge in [-0.2, -0.15) is 0 Å². The van der Waals surface area contributed by atoms with Crippen LogP contribution in [0.15, 0.2) is 24.3 Å². The lowest BCUT2D eigenvalue weighted by molar-refractivity contribution is 0.0111. The van der Waals surface area contributed by atoms with Crippen LogP contribution in [0.4, 0.5) is 0 Å². The molecule has 1 heteroatoms. The smallest absolute Gasteiger partial charge is 0.0846 e. The van der Waals surface area contributed by atoms with E-state index in [-0.39, 0.29) is 11.5 Å². The van der Waals surface area contributed by atoms with Gasteiger partial charge in [0.05, 0.1) is 6.10 Å². The molecule has 20 heavy (non-hydrogen) atoms. The Bertz CT molecular complexity index is 416. The Morgan fingerprint density at radius 3 is 2.50 bits per heavy atom. The summed E-state index contributed by atoms with van der Waals surface area (Å²) in [6.45, 7) is 6.76. The molecule has 1 fully saturated rings. The summed E-state index contributed by atoms with van der Waals surface area (Å²) in [4.78, 5) is 0. The van der Waals surface area contributed by atoms with Crippen LogP contribution in [-0.2, 0) is 6.42 Å². The van der Waals surface area contributed by atoms with Gasteiger partial charge in [-0.15, -0.1) is 0 Å². The number of aryl methyl sites for hydroxylation is 1. The summed E-state index contributed by atoms with van der Waals surface area (Å²) in [5.41, 5.74) is 2.62. The molecule has 0 bridgehead atoms. The second-order valence-electron chi connectivity index (χ2n) is 7.07. The third kappa shape index (κ3) is 3.44. The van der Waals surface area contributed by atoms with E-state index in [9.17, 15) is 5.11 Å².